The van der Waals surface area contributed by atoms with Crippen molar-refractivity contribution in [3.05, 3.63) is 24.3 Å². The fourth-order valence-corrected chi connectivity index (χ4v) is 1.44. The molecule has 0 radical (unpaired) electrons. The van der Waals surface area contributed by atoms with Gasteiger partial charge in [0.25, 0.3) is 5.91 Å². The number of esters is 1. The van der Waals surface area contributed by atoms with Crippen LogP contribution in [0.4, 0.5) is 0 Å². The van der Waals surface area contributed by atoms with Crippen molar-refractivity contribution in [3.63, 3.8) is 0 Å². The van der Waals surface area contributed by atoms with Crippen molar-refractivity contribution >= 4 is 11.9 Å². The Balaban J connectivity index is 2.22. The van der Waals surface area contributed by atoms with Crippen molar-refractivity contribution in [3.8, 4) is 11.5 Å². The Labute approximate surface area is 124 Å². The van der Waals surface area contributed by atoms with Crippen LogP contribution in [0.3, 0.4) is 0 Å². The molecule has 1 amide bonds. The molecule has 6 heteroatoms. The van der Waals surface area contributed by atoms with Gasteiger partial charge in [-0.2, -0.15) is 0 Å². The minimum Gasteiger partial charge on any atom is -0.493 e. The van der Waals surface area contributed by atoms with Crippen LogP contribution in [0.1, 0.15) is 13.8 Å². The first-order chi connectivity index (χ1) is 10.0. The van der Waals surface area contributed by atoms with Gasteiger partial charge >= 0.3 is 5.97 Å². The molecule has 21 heavy (non-hydrogen) atoms. The molecular weight excluding hydrogens is 274 g/mol. The maximum atomic E-state index is 11.4. The Morgan fingerprint density at radius 1 is 1.19 bits per heavy atom. The predicted octanol–water partition coefficient (Wildman–Crippen LogP) is 1.39. The quantitative estimate of drug-likeness (QED) is 0.579. The van der Waals surface area contributed by atoms with E-state index in [1.54, 1.807) is 33.1 Å². The number of para-hydroxylation sites is 2. The van der Waals surface area contributed by atoms with Gasteiger partial charge in [-0.1, -0.05) is 26.0 Å². The molecule has 0 fully saturated rings. The zero-order valence-corrected chi connectivity index (χ0v) is 12.5. The fourth-order valence-electron chi connectivity index (χ4n) is 1.44. The number of amides is 1. The molecule has 0 atom stereocenters. The molecule has 0 heterocycles. The molecule has 1 rings (SSSR count). The van der Waals surface area contributed by atoms with Crippen molar-refractivity contribution in [2.45, 2.75) is 13.8 Å². The second kappa shape index (κ2) is 8.84. The number of carbonyl (C=O) groups excluding carboxylic acids is 2. The summed E-state index contributed by atoms with van der Waals surface area (Å²) in [6, 6.07) is 7.25. The third-order valence-electron chi connectivity index (χ3n) is 2.57. The number of rotatable bonds is 8. The van der Waals surface area contributed by atoms with Crippen LogP contribution in [0.5, 0.6) is 11.5 Å². The maximum absolute atomic E-state index is 11.4. The number of benzene rings is 1. The van der Waals surface area contributed by atoms with Crippen LogP contribution in [0, 0.1) is 5.92 Å². The van der Waals surface area contributed by atoms with E-state index in [1.165, 1.54) is 0 Å². The van der Waals surface area contributed by atoms with Gasteiger partial charge in [-0.15, -0.1) is 0 Å². The maximum Gasteiger partial charge on any atom is 0.308 e. The second-order valence-electron chi connectivity index (χ2n) is 4.61. The van der Waals surface area contributed by atoms with Crippen molar-refractivity contribution < 1.29 is 23.8 Å². The molecule has 0 saturated carbocycles. The topological polar surface area (TPSA) is 73.9 Å². The van der Waals surface area contributed by atoms with Crippen LogP contribution in [0.25, 0.3) is 0 Å². The summed E-state index contributed by atoms with van der Waals surface area (Å²) in [5, 5.41) is 2.60. The zero-order valence-electron chi connectivity index (χ0n) is 12.5. The molecule has 0 spiro atoms. The van der Waals surface area contributed by atoms with Gasteiger partial charge in [0, 0.05) is 0 Å². The standard InChI is InChI=1S/C15H21NO5/c1-11(2)15(18)21-10-14(17)16-8-9-20-13-7-5-4-6-12(13)19-3/h4-7,11H,8-10H2,1-3H3,(H,16,17). The molecule has 116 valence electrons. The third-order valence-corrected chi connectivity index (χ3v) is 2.57. The largest absolute Gasteiger partial charge is 0.493 e. The molecular formula is C15H21NO5. The van der Waals surface area contributed by atoms with E-state index >= 15 is 0 Å². The SMILES string of the molecule is COc1ccccc1OCCNC(=O)COC(=O)C(C)C. The van der Waals surface area contributed by atoms with Crippen LogP contribution >= 0.6 is 0 Å². The number of hydrogen-bond donors (Lipinski definition) is 1. The summed E-state index contributed by atoms with van der Waals surface area (Å²) in [6.45, 7) is 3.76. The molecule has 0 aliphatic rings. The minimum absolute atomic E-state index is 0.244. The molecule has 0 unspecified atom stereocenters. The number of hydrogen-bond acceptors (Lipinski definition) is 5. The molecule has 0 aromatic heterocycles. The molecule has 0 aliphatic heterocycles. The highest BCUT2D eigenvalue weighted by Gasteiger charge is 2.10. The summed E-state index contributed by atoms with van der Waals surface area (Å²) < 4.78 is 15.4. The lowest BCUT2D eigenvalue weighted by Gasteiger charge is -2.11. The molecule has 1 N–H and O–H groups in total. The molecule has 0 bridgehead atoms. The molecule has 1 aromatic carbocycles. The third kappa shape index (κ3) is 6.16. The van der Waals surface area contributed by atoms with E-state index in [-0.39, 0.29) is 18.4 Å². The Bertz CT molecular complexity index is 473. The summed E-state index contributed by atoms with van der Waals surface area (Å²) >= 11 is 0. The van der Waals surface area contributed by atoms with Crippen molar-refractivity contribution in [2.24, 2.45) is 5.92 Å². The average molecular weight is 295 g/mol. The first-order valence-corrected chi connectivity index (χ1v) is 6.73. The number of methoxy groups -OCH3 is 1. The summed E-state index contributed by atoms with van der Waals surface area (Å²) in [7, 11) is 1.56. The summed E-state index contributed by atoms with van der Waals surface area (Å²) in [5.74, 6) is 0.255. The zero-order chi connectivity index (χ0) is 15.7. The van der Waals surface area contributed by atoms with Gasteiger partial charge in [0.15, 0.2) is 18.1 Å². The Kier molecular flexibility index (Phi) is 7.08. The van der Waals surface area contributed by atoms with E-state index in [0.717, 1.165) is 0 Å². The minimum atomic E-state index is -0.393. The first-order valence-electron chi connectivity index (χ1n) is 6.73. The van der Waals surface area contributed by atoms with Gasteiger partial charge in [-0.3, -0.25) is 9.59 Å². The lowest BCUT2D eigenvalue weighted by atomic mass is 10.2. The van der Waals surface area contributed by atoms with Crippen LogP contribution in [-0.4, -0.2) is 38.7 Å². The van der Waals surface area contributed by atoms with E-state index in [9.17, 15) is 9.59 Å². The van der Waals surface area contributed by atoms with Crippen LogP contribution in [-0.2, 0) is 14.3 Å². The van der Waals surface area contributed by atoms with Gasteiger partial charge in [0.1, 0.15) is 6.61 Å². The second-order valence-corrected chi connectivity index (χ2v) is 4.61. The lowest BCUT2D eigenvalue weighted by molar-refractivity contribution is -0.151. The van der Waals surface area contributed by atoms with E-state index in [4.69, 9.17) is 14.2 Å². The van der Waals surface area contributed by atoms with Gasteiger partial charge < -0.3 is 19.5 Å². The number of carbonyl (C=O) groups is 2. The van der Waals surface area contributed by atoms with Crippen molar-refractivity contribution in [2.75, 3.05) is 26.9 Å². The monoisotopic (exact) mass is 295 g/mol. The number of nitrogens with one attached hydrogen (secondary N) is 1. The highest BCUT2D eigenvalue weighted by Crippen LogP contribution is 2.25. The smallest absolute Gasteiger partial charge is 0.308 e. The lowest BCUT2D eigenvalue weighted by Crippen LogP contribution is -2.32. The van der Waals surface area contributed by atoms with Crippen LogP contribution in [0.15, 0.2) is 24.3 Å². The summed E-state index contributed by atoms with van der Waals surface area (Å²) in [6.07, 6.45) is 0. The molecule has 6 nitrogen and oxygen atoms in total. The van der Waals surface area contributed by atoms with Gasteiger partial charge in [0.05, 0.1) is 19.6 Å². The predicted molar refractivity (Wildman–Crippen MR) is 77.3 cm³/mol. The van der Waals surface area contributed by atoms with E-state index in [1.807, 2.05) is 12.1 Å². The fraction of sp³-hybridized carbons (Fsp3) is 0.467. The van der Waals surface area contributed by atoms with Gasteiger partial charge in [0.2, 0.25) is 0 Å². The van der Waals surface area contributed by atoms with E-state index < -0.39 is 5.97 Å². The Morgan fingerprint density at radius 3 is 2.48 bits per heavy atom. The first kappa shape index (κ1) is 16.8. The highest BCUT2D eigenvalue weighted by molar-refractivity contribution is 5.80. The Morgan fingerprint density at radius 2 is 1.86 bits per heavy atom. The molecule has 0 aliphatic carbocycles. The normalized spacial score (nSPS) is 10.1. The summed E-state index contributed by atoms with van der Waals surface area (Å²) in [5.41, 5.74) is 0. The average Bonchev–Trinajstić information content (AvgIpc) is 2.49. The van der Waals surface area contributed by atoms with Crippen molar-refractivity contribution in [1.29, 1.82) is 0 Å². The van der Waals surface area contributed by atoms with Crippen molar-refractivity contribution in [1.82, 2.24) is 5.32 Å². The van der Waals surface area contributed by atoms with Crippen LogP contribution < -0.4 is 14.8 Å². The Hall–Kier alpha value is -2.24. The van der Waals surface area contributed by atoms with Gasteiger partial charge in [-0.05, 0) is 12.1 Å². The summed E-state index contributed by atoms with van der Waals surface area (Å²) in [4.78, 5) is 22.6. The van der Waals surface area contributed by atoms with Crippen LogP contribution in [0.2, 0.25) is 0 Å². The number of ether oxygens (including phenoxy) is 3. The highest BCUT2D eigenvalue weighted by atomic mass is 16.5. The molecule has 1 aromatic rings. The van der Waals surface area contributed by atoms with Gasteiger partial charge in [-0.25, -0.2) is 0 Å². The van der Waals surface area contributed by atoms with E-state index in [2.05, 4.69) is 5.32 Å². The van der Waals surface area contributed by atoms with E-state index in [0.29, 0.717) is 24.7 Å². The molecule has 0 saturated heterocycles.